The number of rotatable bonds is 11. The van der Waals surface area contributed by atoms with E-state index in [0.717, 1.165) is 19.3 Å². The van der Waals surface area contributed by atoms with Crippen LogP contribution in [0, 0.1) is 0 Å². The summed E-state index contributed by atoms with van der Waals surface area (Å²) in [4.78, 5) is 22.8. The fraction of sp³-hybridized carbons (Fsp3) is 0.857. The Bertz CT molecular complexity index is 472. The fourth-order valence-corrected chi connectivity index (χ4v) is 2.89. The number of esters is 1. The summed E-state index contributed by atoms with van der Waals surface area (Å²) >= 11 is 0. The van der Waals surface area contributed by atoms with Crippen LogP contribution >= 0.6 is 0 Å². The molecule has 0 amide bonds. The number of hydrogen-bond acceptors (Lipinski definition) is 5. The molecule has 0 aromatic rings. The summed E-state index contributed by atoms with van der Waals surface area (Å²) in [6, 6.07) is 0. The van der Waals surface area contributed by atoms with E-state index < -0.39 is 39.3 Å². The van der Waals surface area contributed by atoms with Crippen molar-refractivity contribution in [1.29, 1.82) is 0 Å². The zero-order chi connectivity index (χ0) is 17.4. The predicted octanol–water partition coefficient (Wildman–Crippen LogP) is 1.75. The fourth-order valence-electron chi connectivity index (χ4n) is 2.24. The first-order chi connectivity index (χ1) is 10.1. The van der Waals surface area contributed by atoms with E-state index in [0.29, 0.717) is 19.3 Å². The summed E-state index contributed by atoms with van der Waals surface area (Å²) < 4.78 is 36.8. The summed E-state index contributed by atoms with van der Waals surface area (Å²) in [5, 5.41) is 6.61. The second-order valence-electron chi connectivity index (χ2n) is 5.37. The SMILES string of the molecule is CCCCCC(CC)(CC)OC(=O)C(CC(=O)O)S(=O)(=O)O.[KH]. The number of unbranched alkanes of at least 4 members (excludes halogenated alkanes) is 2. The van der Waals surface area contributed by atoms with Crippen molar-refractivity contribution in [2.75, 3.05) is 0 Å². The van der Waals surface area contributed by atoms with Crippen molar-refractivity contribution < 1.29 is 32.4 Å². The van der Waals surface area contributed by atoms with Crippen LogP contribution in [0.25, 0.3) is 0 Å². The maximum atomic E-state index is 12.1. The van der Waals surface area contributed by atoms with E-state index in [1.807, 2.05) is 20.8 Å². The first-order valence-electron chi connectivity index (χ1n) is 7.52. The van der Waals surface area contributed by atoms with Gasteiger partial charge in [-0.2, -0.15) is 8.42 Å². The summed E-state index contributed by atoms with van der Waals surface area (Å²) in [6.45, 7) is 5.68. The van der Waals surface area contributed by atoms with Gasteiger partial charge in [-0.15, -0.1) is 0 Å². The van der Waals surface area contributed by atoms with Crippen LogP contribution in [0.1, 0.15) is 65.7 Å². The molecule has 0 bridgehead atoms. The zero-order valence-corrected chi connectivity index (χ0v) is 14.2. The summed E-state index contributed by atoms with van der Waals surface area (Å²) in [5.41, 5.74) is -0.826. The molecule has 2 N–H and O–H groups in total. The van der Waals surface area contributed by atoms with Crippen molar-refractivity contribution in [1.82, 2.24) is 0 Å². The Morgan fingerprint density at radius 1 is 1.13 bits per heavy atom. The second kappa shape index (κ2) is 11.9. The van der Waals surface area contributed by atoms with E-state index in [-0.39, 0.29) is 51.4 Å². The van der Waals surface area contributed by atoms with Crippen LogP contribution in [0.15, 0.2) is 0 Å². The van der Waals surface area contributed by atoms with Gasteiger partial charge in [-0.1, -0.05) is 33.6 Å². The Labute approximate surface area is 180 Å². The van der Waals surface area contributed by atoms with Gasteiger partial charge in [0.2, 0.25) is 0 Å². The van der Waals surface area contributed by atoms with Crippen LogP contribution in [-0.2, 0) is 24.4 Å². The average molecular weight is 379 g/mol. The molecule has 132 valence electrons. The third kappa shape index (κ3) is 9.52. The minimum absolute atomic E-state index is 0. The maximum absolute atomic E-state index is 12.1. The number of carbonyl (C=O) groups is 2. The van der Waals surface area contributed by atoms with Gasteiger partial charge in [0, 0.05) is 0 Å². The van der Waals surface area contributed by atoms with Crippen LogP contribution < -0.4 is 0 Å². The van der Waals surface area contributed by atoms with Gasteiger partial charge < -0.3 is 9.84 Å². The van der Waals surface area contributed by atoms with Crippen molar-refractivity contribution in [2.24, 2.45) is 0 Å². The zero-order valence-electron chi connectivity index (χ0n) is 13.4. The van der Waals surface area contributed by atoms with Gasteiger partial charge in [0.15, 0.2) is 5.25 Å². The van der Waals surface area contributed by atoms with Gasteiger partial charge in [-0.3, -0.25) is 14.1 Å². The van der Waals surface area contributed by atoms with Crippen molar-refractivity contribution >= 4 is 73.4 Å². The number of carboxylic acid groups (broad SMARTS) is 1. The first kappa shape index (κ1) is 25.7. The van der Waals surface area contributed by atoms with Crippen LogP contribution in [0.2, 0.25) is 0 Å². The Kier molecular flexibility index (Phi) is 13.4. The second-order valence-corrected chi connectivity index (χ2v) is 6.97. The molecule has 0 aromatic heterocycles. The third-order valence-corrected chi connectivity index (χ3v) is 4.90. The number of carbonyl (C=O) groups excluding carboxylic acids is 1. The summed E-state index contributed by atoms with van der Waals surface area (Å²) in [7, 11) is -4.83. The van der Waals surface area contributed by atoms with Gasteiger partial charge in [0.1, 0.15) is 5.60 Å². The molecule has 1 atom stereocenters. The monoisotopic (exact) mass is 378 g/mol. The Morgan fingerprint density at radius 3 is 2.00 bits per heavy atom. The van der Waals surface area contributed by atoms with Gasteiger partial charge in [-0.05, 0) is 25.7 Å². The molecule has 9 heteroatoms. The number of ether oxygens (including phenoxy) is 1. The topological polar surface area (TPSA) is 118 Å². The molecular formula is C14H27KO7S. The van der Waals surface area contributed by atoms with Crippen LogP contribution in [0.5, 0.6) is 0 Å². The molecule has 0 aliphatic rings. The van der Waals surface area contributed by atoms with Gasteiger partial charge in [0.05, 0.1) is 6.42 Å². The molecule has 0 spiro atoms. The number of carboxylic acids is 1. The van der Waals surface area contributed by atoms with E-state index in [1.54, 1.807) is 0 Å². The average Bonchev–Trinajstić information content (AvgIpc) is 2.42. The quantitative estimate of drug-likeness (QED) is 0.243. The number of hydrogen-bond donors (Lipinski definition) is 2. The Morgan fingerprint density at radius 2 is 1.65 bits per heavy atom. The summed E-state index contributed by atoms with van der Waals surface area (Å²) in [5.74, 6) is -2.70. The van der Waals surface area contributed by atoms with Crippen molar-refractivity contribution in [3.8, 4) is 0 Å². The van der Waals surface area contributed by atoms with Crippen LogP contribution in [0.3, 0.4) is 0 Å². The molecule has 0 aromatic carbocycles. The molecule has 23 heavy (non-hydrogen) atoms. The van der Waals surface area contributed by atoms with E-state index in [9.17, 15) is 18.0 Å². The molecule has 0 aliphatic heterocycles. The van der Waals surface area contributed by atoms with Crippen molar-refractivity contribution in [2.45, 2.75) is 76.6 Å². The molecular weight excluding hydrogens is 351 g/mol. The Balaban J connectivity index is 0. The molecule has 0 fully saturated rings. The van der Waals surface area contributed by atoms with E-state index in [2.05, 4.69) is 0 Å². The Hall–Kier alpha value is 0.486. The van der Waals surface area contributed by atoms with E-state index >= 15 is 0 Å². The predicted molar refractivity (Wildman–Crippen MR) is 88.3 cm³/mol. The molecule has 7 nitrogen and oxygen atoms in total. The van der Waals surface area contributed by atoms with Crippen LogP contribution in [0.4, 0.5) is 0 Å². The molecule has 0 heterocycles. The summed E-state index contributed by atoms with van der Waals surface area (Å²) in [6.07, 6.45) is 3.30. The van der Waals surface area contributed by atoms with Crippen molar-refractivity contribution in [3.63, 3.8) is 0 Å². The van der Waals surface area contributed by atoms with Gasteiger partial charge >= 0.3 is 63.3 Å². The molecule has 0 radical (unpaired) electrons. The van der Waals surface area contributed by atoms with Crippen LogP contribution in [-0.4, -0.2) is 92.3 Å². The van der Waals surface area contributed by atoms with Crippen molar-refractivity contribution in [3.05, 3.63) is 0 Å². The number of aliphatic carboxylic acids is 1. The molecule has 0 aliphatic carbocycles. The molecule has 1 unspecified atom stereocenters. The van der Waals surface area contributed by atoms with E-state index in [4.69, 9.17) is 14.4 Å². The molecule has 0 rings (SSSR count). The molecule has 0 saturated heterocycles. The normalized spacial score (nSPS) is 13.0. The third-order valence-electron chi connectivity index (χ3n) is 3.82. The minimum atomic E-state index is -4.83. The van der Waals surface area contributed by atoms with Gasteiger partial charge in [-0.25, -0.2) is 0 Å². The van der Waals surface area contributed by atoms with Gasteiger partial charge in [0.25, 0.3) is 10.1 Å². The molecule has 0 saturated carbocycles. The first-order valence-corrected chi connectivity index (χ1v) is 9.03. The standard InChI is InChI=1S/C14H26O7S.K.H/c1-4-7-8-9-14(5-2,6-3)21-13(17)11(10-12(15)16)22(18,19)20;;/h11H,4-10H2,1-3H3,(H,15,16)(H,18,19,20);;. The van der Waals surface area contributed by atoms with E-state index in [1.165, 1.54) is 0 Å².